The van der Waals surface area contributed by atoms with Crippen LogP contribution in [0.1, 0.15) is 30.9 Å². The van der Waals surface area contributed by atoms with Crippen LogP contribution < -0.4 is 10.2 Å². The number of hydrogen-bond acceptors (Lipinski definition) is 2. The van der Waals surface area contributed by atoms with Gasteiger partial charge < -0.3 is 10.2 Å². The van der Waals surface area contributed by atoms with E-state index < -0.39 is 5.54 Å². The van der Waals surface area contributed by atoms with Crippen LogP contribution in [0, 0.1) is 5.92 Å². The first-order valence-corrected chi connectivity index (χ1v) is 9.70. The monoisotopic (exact) mass is 364 g/mol. The van der Waals surface area contributed by atoms with Crippen LogP contribution >= 0.6 is 0 Å². The molecule has 5 heteroatoms. The molecule has 0 aliphatic carbocycles. The third-order valence-electron chi connectivity index (χ3n) is 5.88. The summed E-state index contributed by atoms with van der Waals surface area (Å²) < 4.78 is 0. The molecule has 2 aliphatic heterocycles. The highest BCUT2D eigenvalue weighted by atomic mass is 16.2. The molecular weight excluding hydrogens is 338 g/mol. The van der Waals surface area contributed by atoms with Crippen molar-refractivity contribution in [1.82, 2.24) is 10.2 Å². The predicted octanol–water partition coefficient (Wildman–Crippen LogP) is 1.75. The second-order valence-corrected chi connectivity index (χ2v) is 7.74. The average molecular weight is 364 g/mol. The van der Waals surface area contributed by atoms with Gasteiger partial charge in [0, 0.05) is 0 Å². The van der Waals surface area contributed by atoms with Crippen LogP contribution in [0.25, 0.3) is 0 Å². The molecular formula is C22H26N3O2+. The number of nitrogens with one attached hydrogen (secondary N) is 2. The van der Waals surface area contributed by atoms with Gasteiger partial charge in [0.15, 0.2) is 12.2 Å². The number of likely N-dealkylation sites (tertiary alicyclic amines) is 1. The van der Waals surface area contributed by atoms with Crippen molar-refractivity contribution in [3.8, 4) is 0 Å². The quantitative estimate of drug-likeness (QED) is 0.813. The van der Waals surface area contributed by atoms with Gasteiger partial charge in [-0.15, -0.1) is 0 Å². The first kappa shape index (κ1) is 17.7. The summed E-state index contributed by atoms with van der Waals surface area (Å²) in [6, 6.07) is 18.8. The van der Waals surface area contributed by atoms with E-state index in [0.29, 0.717) is 6.67 Å². The predicted molar refractivity (Wildman–Crippen MR) is 103 cm³/mol. The second kappa shape index (κ2) is 7.16. The molecule has 140 valence electrons. The number of carbonyl (C=O) groups is 2. The van der Waals surface area contributed by atoms with Gasteiger partial charge in [0.25, 0.3) is 5.91 Å². The van der Waals surface area contributed by atoms with E-state index in [4.69, 9.17) is 0 Å². The maximum atomic E-state index is 13.6. The molecule has 2 aliphatic rings. The minimum absolute atomic E-state index is 0.184. The molecule has 0 atom stereocenters. The smallest absolute Gasteiger partial charge is 0.317 e. The number of amides is 3. The number of imide groups is 1. The van der Waals surface area contributed by atoms with Crippen molar-refractivity contribution in [2.45, 2.75) is 25.3 Å². The molecule has 2 fully saturated rings. The summed E-state index contributed by atoms with van der Waals surface area (Å²) in [4.78, 5) is 29.2. The molecule has 2 heterocycles. The summed E-state index contributed by atoms with van der Waals surface area (Å²) >= 11 is 0. The van der Waals surface area contributed by atoms with Gasteiger partial charge in [-0.1, -0.05) is 67.6 Å². The Hall–Kier alpha value is -2.66. The lowest BCUT2D eigenvalue weighted by molar-refractivity contribution is -0.913. The summed E-state index contributed by atoms with van der Waals surface area (Å²) in [7, 11) is 0. The molecule has 2 aromatic carbocycles. The molecule has 0 saturated carbocycles. The third kappa shape index (κ3) is 3.12. The van der Waals surface area contributed by atoms with E-state index >= 15 is 0 Å². The van der Waals surface area contributed by atoms with Crippen LogP contribution in [0.15, 0.2) is 60.7 Å². The van der Waals surface area contributed by atoms with Crippen LogP contribution in [0.2, 0.25) is 0 Å². The molecule has 4 rings (SSSR count). The topological polar surface area (TPSA) is 53.9 Å². The normalized spacial score (nSPS) is 24.7. The summed E-state index contributed by atoms with van der Waals surface area (Å²) in [5.41, 5.74) is 0.431. The number of nitrogens with zero attached hydrogens (tertiary/aromatic N) is 1. The van der Waals surface area contributed by atoms with Crippen LogP contribution in [0.3, 0.4) is 0 Å². The van der Waals surface area contributed by atoms with Crippen LogP contribution in [0.5, 0.6) is 0 Å². The van der Waals surface area contributed by atoms with Gasteiger partial charge in [0.2, 0.25) is 0 Å². The number of quaternary nitrogens is 1. The third-order valence-corrected chi connectivity index (χ3v) is 5.88. The van der Waals surface area contributed by atoms with Crippen molar-refractivity contribution in [2.75, 3.05) is 19.8 Å². The Labute approximate surface area is 160 Å². The number of rotatable bonds is 4. The number of urea groups is 1. The van der Waals surface area contributed by atoms with Gasteiger partial charge >= 0.3 is 6.03 Å². The molecule has 2 saturated heterocycles. The average Bonchev–Trinajstić information content (AvgIpc) is 2.96. The van der Waals surface area contributed by atoms with E-state index in [-0.39, 0.29) is 11.9 Å². The van der Waals surface area contributed by atoms with E-state index in [2.05, 4.69) is 12.2 Å². The number of benzene rings is 2. The summed E-state index contributed by atoms with van der Waals surface area (Å²) in [6.07, 6.45) is 2.28. The number of carbonyl (C=O) groups excluding carboxylic acids is 2. The van der Waals surface area contributed by atoms with Crippen molar-refractivity contribution in [2.24, 2.45) is 5.92 Å². The largest absolute Gasteiger partial charge is 0.330 e. The maximum absolute atomic E-state index is 13.6. The van der Waals surface area contributed by atoms with Crippen LogP contribution in [-0.2, 0) is 10.3 Å². The summed E-state index contributed by atoms with van der Waals surface area (Å²) in [6.45, 7) is 4.70. The van der Waals surface area contributed by atoms with E-state index in [0.717, 1.165) is 43.0 Å². The van der Waals surface area contributed by atoms with E-state index in [1.807, 2.05) is 60.7 Å². The van der Waals surface area contributed by atoms with Crippen molar-refractivity contribution < 1.29 is 14.5 Å². The minimum atomic E-state index is -1.15. The minimum Gasteiger partial charge on any atom is -0.317 e. The molecule has 27 heavy (non-hydrogen) atoms. The number of piperidine rings is 1. The molecule has 0 unspecified atom stereocenters. The Balaban J connectivity index is 1.69. The van der Waals surface area contributed by atoms with Gasteiger partial charge in [-0.05, 0) is 29.9 Å². The Morgan fingerprint density at radius 3 is 2.00 bits per heavy atom. The summed E-state index contributed by atoms with van der Waals surface area (Å²) in [5, 5.41) is 3.02. The molecule has 0 radical (unpaired) electrons. The fourth-order valence-electron chi connectivity index (χ4n) is 4.21. The SMILES string of the molecule is CC1CC[NH+](CN2C(=O)NC(c3ccccc3)(c3ccccc3)C2=O)CC1. The molecule has 0 bridgehead atoms. The lowest BCUT2D eigenvalue weighted by atomic mass is 9.83. The first-order valence-electron chi connectivity index (χ1n) is 9.70. The number of hydrogen-bond donors (Lipinski definition) is 2. The standard InChI is InChI=1S/C22H25N3O2/c1-17-12-14-24(15-13-17)16-25-20(26)22(23-21(25)27,18-8-4-2-5-9-18)19-10-6-3-7-11-19/h2-11,17H,12-16H2,1H3,(H,23,27)/p+1. The van der Waals surface area contributed by atoms with E-state index in [1.165, 1.54) is 9.80 Å². The van der Waals surface area contributed by atoms with Crippen molar-refractivity contribution in [3.05, 3.63) is 71.8 Å². The molecule has 2 N–H and O–H groups in total. The molecule has 2 aromatic rings. The van der Waals surface area contributed by atoms with Gasteiger partial charge in [0.1, 0.15) is 0 Å². The maximum Gasteiger partial charge on any atom is 0.330 e. The second-order valence-electron chi connectivity index (χ2n) is 7.74. The Morgan fingerprint density at radius 2 is 1.48 bits per heavy atom. The van der Waals surface area contributed by atoms with E-state index in [9.17, 15) is 9.59 Å². The molecule has 0 aromatic heterocycles. The van der Waals surface area contributed by atoms with Gasteiger partial charge in [-0.25, -0.2) is 9.69 Å². The highest BCUT2D eigenvalue weighted by Crippen LogP contribution is 2.35. The fourth-order valence-corrected chi connectivity index (χ4v) is 4.21. The van der Waals surface area contributed by atoms with Crippen LogP contribution in [-0.4, -0.2) is 36.6 Å². The highest BCUT2D eigenvalue weighted by molar-refractivity contribution is 6.09. The molecule has 0 spiro atoms. The van der Waals surface area contributed by atoms with Gasteiger partial charge in [-0.2, -0.15) is 0 Å². The fraction of sp³-hybridized carbons (Fsp3) is 0.364. The summed E-state index contributed by atoms with van der Waals surface area (Å²) in [5.74, 6) is 0.542. The lowest BCUT2D eigenvalue weighted by Gasteiger charge is -2.30. The van der Waals surface area contributed by atoms with Crippen molar-refractivity contribution in [1.29, 1.82) is 0 Å². The highest BCUT2D eigenvalue weighted by Gasteiger charge is 2.54. The zero-order chi connectivity index (χ0) is 18.9. The van der Waals surface area contributed by atoms with Crippen molar-refractivity contribution in [3.63, 3.8) is 0 Å². The van der Waals surface area contributed by atoms with Gasteiger partial charge in [0.05, 0.1) is 13.1 Å². The lowest BCUT2D eigenvalue weighted by Crippen LogP contribution is -3.14. The first-order chi connectivity index (χ1) is 13.1. The zero-order valence-electron chi connectivity index (χ0n) is 15.7. The Bertz CT molecular complexity index is 774. The van der Waals surface area contributed by atoms with Crippen LogP contribution in [0.4, 0.5) is 4.79 Å². The molecule has 3 amide bonds. The van der Waals surface area contributed by atoms with E-state index in [1.54, 1.807) is 0 Å². The Morgan fingerprint density at radius 1 is 0.963 bits per heavy atom. The van der Waals surface area contributed by atoms with Gasteiger partial charge in [-0.3, -0.25) is 4.79 Å². The van der Waals surface area contributed by atoms with Crippen molar-refractivity contribution >= 4 is 11.9 Å². The molecule has 5 nitrogen and oxygen atoms in total. The zero-order valence-corrected chi connectivity index (χ0v) is 15.7. The Kier molecular flexibility index (Phi) is 4.70.